The Morgan fingerprint density at radius 1 is 1.00 bits per heavy atom. The van der Waals surface area contributed by atoms with Crippen molar-refractivity contribution >= 4 is 11.3 Å². The minimum Gasteiger partial charge on any atom is -0.455 e. The molecular formula is C23H24N2O2S. The molecule has 4 nitrogen and oxygen atoms in total. The third-order valence-electron chi connectivity index (χ3n) is 4.34. The minimum absolute atomic E-state index is 0.373. The highest BCUT2D eigenvalue weighted by atomic mass is 32.1. The summed E-state index contributed by atoms with van der Waals surface area (Å²) < 4.78 is 12.1. The van der Waals surface area contributed by atoms with Crippen LogP contribution in [0.15, 0.2) is 48.5 Å². The van der Waals surface area contributed by atoms with Crippen LogP contribution in [0.3, 0.4) is 0 Å². The lowest BCUT2D eigenvalue weighted by molar-refractivity contribution is -0.00211. The molecule has 144 valence electrons. The van der Waals surface area contributed by atoms with E-state index >= 15 is 0 Å². The molecule has 1 atom stereocenters. The summed E-state index contributed by atoms with van der Waals surface area (Å²) in [6.45, 7) is 6.26. The lowest BCUT2D eigenvalue weighted by atomic mass is 10.1. The van der Waals surface area contributed by atoms with Crippen molar-refractivity contribution in [3.05, 3.63) is 64.0 Å². The van der Waals surface area contributed by atoms with Crippen molar-refractivity contribution < 1.29 is 9.47 Å². The highest BCUT2D eigenvalue weighted by Gasteiger charge is 2.13. The average molecular weight is 393 g/mol. The summed E-state index contributed by atoms with van der Waals surface area (Å²) in [5.74, 6) is 1.47. The van der Waals surface area contributed by atoms with Gasteiger partial charge in [0.15, 0.2) is 0 Å². The number of nitriles is 1. The fourth-order valence-corrected chi connectivity index (χ4v) is 3.75. The summed E-state index contributed by atoms with van der Waals surface area (Å²) in [4.78, 5) is 5.83. The quantitative estimate of drug-likeness (QED) is 0.424. The van der Waals surface area contributed by atoms with Crippen LogP contribution in [-0.4, -0.2) is 11.3 Å². The predicted molar refractivity (Wildman–Crippen MR) is 113 cm³/mol. The van der Waals surface area contributed by atoms with Gasteiger partial charge in [-0.05, 0) is 68.8 Å². The zero-order valence-corrected chi connectivity index (χ0v) is 17.3. The number of benzene rings is 2. The molecule has 0 saturated heterocycles. The predicted octanol–water partition coefficient (Wildman–Crippen LogP) is 6.27. The number of hydrogen-bond acceptors (Lipinski definition) is 5. The summed E-state index contributed by atoms with van der Waals surface area (Å²) in [5.41, 5.74) is 2.74. The molecule has 0 aliphatic rings. The standard InChI is InChI=1S/C23H24N2O2S/c1-4-5-6-22(26-20-11-7-18(15-24)8-12-20)27-21-13-9-19(10-14-21)23-16(2)28-17(3)25-23/h7-14,22H,4-6H2,1-3H3. The van der Waals surface area contributed by atoms with E-state index in [1.807, 2.05) is 31.2 Å². The van der Waals surface area contributed by atoms with Gasteiger partial charge in [0.05, 0.1) is 22.3 Å². The summed E-state index contributed by atoms with van der Waals surface area (Å²) in [6, 6.07) is 17.2. The smallest absolute Gasteiger partial charge is 0.241 e. The molecular weight excluding hydrogens is 368 g/mol. The van der Waals surface area contributed by atoms with Gasteiger partial charge < -0.3 is 9.47 Å². The van der Waals surface area contributed by atoms with Gasteiger partial charge in [0, 0.05) is 16.9 Å². The Hall–Kier alpha value is -2.84. The first-order valence-electron chi connectivity index (χ1n) is 9.47. The number of unbranched alkanes of at least 4 members (excludes halogenated alkanes) is 1. The Morgan fingerprint density at radius 2 is 1.61 bits per heavy atom. The molecule has 0 fully saturated rings. The number of rotatable bonds is 8. The maximum Gasteiger partial charge on any atom is 0.241 e. The van der Waals surface area contributed by atoms with E-state index in [2.05, 4.69) is 24.9 Å². The van der Waals surface area contributed by atoms with Gasteiger partial charge in [-0.15, -0.1) is 11.3 Å². The van der Waals surface area contributed by atoms with E-state index < -0.39 is 0 Å². The van der Waals surface area contributed by atoms with Gasteiger partial charge in [0.1, 0.15) is 11.5 Å². The fourth-order valence-electron chi connectivity index (χ4n) is 2.91. The molecule has 1 heterocycles. The monoisotopic (exact) mass is 392 g/mol. The highest BCUT2D eigenvalue weighted by Crippen LogP contribution is 2.29. The van der Waals surface area contributed by atoms with Crippen LogP contribution in [0.25, 0.3) is 11.3 Å². The second-order valence-corrected chi connectivity index (χ2v) is 8.01. The van der Waals surface area contributed by atoms with Crippen LogP contribution in [0.1, 0.15) is 41.6 Å². The molecule has 0 aliphatic carbocycles. The van der Waals surface area contributed by atoms with Crippen LogP contribution < -0.4 is 9.47 Å². The van der Waals surface area contributed by atoms with Crippen molar-refractivity contribution in [3.63, 3.8) is 0 Å². The van der Waals surface area contributed by atoms with Crippen molar-refractivity contribution in [2.45, 2.75) is 46.3 Å². The van der Waals surface area contributed by atoms with Crippen LogP contribution in [0.4, 0.5) is 0 Å². The van der Waals surface area contributed by atoms with Crippen LogP contribution in [0.2, 0.25) is 0 Å². The van der Waals surface area contributed by atoms with E-state index in [-0.39, 0.29) is 6.29 Å². The van der Waals surface area contributed by atoms with E-state index in [1.165, 1.54) is 4.88 Å². The van der Waals surface area contributed by atoms with Gasteiger partial charge in [-0.2, -0.15) is 5.26 Å². The third kappa shape index (κ3) is 5.11. The summed E-state index contributed by atoms with van der Waals surface area (Å²) in [5, 5.41) is 10.00. The Kier molecular flexibility index (Phi) is 6.67. The average Bonchev–Trinajstić information content (AvgIpc) is 3.05. The van der Waals surface area contributed by atoms with Gasteiger partial charge in [-0.25, -0.2) is 4.98 Å². The maximum absolute atomic E-state index is 8.93. The van der Waals surface area contributed by atoms with Gasteiger partial charge in [-0.3, -0.25) is 0 Å². The number of hydrogen-bond donors (Lipinski definition) is 0. The second-order valence-electron chi connectivity index (χ2n) is 6.61. The molecule has 0 bridgehead atoms. The van der Waals surface area contributed by atoms with Crippen LogP contribution in [-0.2, 0) is 0 Å². The van der Waals surface area contributed by atoms with Crippen LogP contribution >= 0.6 is 11.3 Å². The van der Waals surface area contributed by atoms with Crippen molar-refractivity contribution in [1.29, 1.82) is 5.26 Å². The number of ether oxygens (including phenoxy) is 2. The lowest BCUT2D eigenvalue weighted by Crippen LogP contribution is -2.23. The van der Waals surface area contributed by atoms with E-state index in [4.69, 9.17) is 14.7 Å². The molecule has 0 spiro atoms. The SMILES string of the molecule is CCCCC(Oc1ccc(C#N)cc1)Oc1ccc(-c2nc(C)sc2C)cc1. The molecule has 28 heavy (non-hydrogen) atoms. The third-order valence-corrected chi connectivity index (χ3v) is 5.23. The minimum atomic E-state index is -0.373. The van der Waals surface area contributed by atoms with Crippen molar-refractivity contribution in [2.75, 3.05) is 0 Å². The molecule has 3 aromatic rings. The highest BCUT2D eigenvalue weighted by molar-refractivity contribution is 7.11. The van der Waals surface area contributed by atoms with E-state index in [0.29, 0.717) is 11.3 Å². The first-order chi connectivity index (χ1) is 13.6. The van der Waals surface area contributed by atoms with Crippen molar-refractivity contribution in [3.8, 4) is 28.8 Å². The lowest BCUT2D eigenvalue weighted by Gasteiger charge is -2.20. The maximum atomic E-state index is 8.93. The summed E-state index contributed by atoms with van der Waals surface area (Å²) in [7, 11) is 0. The number of aryl methyl sites for hydroxylation is 2. The number of nitrogens with zero attached hydrogens (tertiary/aromatic N) is 2. The number of aromatic nitrogens is 1. The summed E-state index contributed by atoms with van der Waals surface area (Å²) in [6.07, 6.45) is 2.50. The molecule has 0 radical (unpaired) electrons. The van der Waals surface area contributed by atoms with E-state index in [1.54, 1.807) is 35.6 Å². The Bertz CT molecular complexity index is 940. The van der Waals surface area contributed by atoms with Crippen molar-refractivity contribution in [2.24, 2.45) is 0 Å². The Labute approximate surface area is 170 Å². The molecule has 1 unspecified atom stereocenters. The molecule has 0 amide bonds. The Balaban J connectivity index is 1.71. The first kappa shape index (κ1) is 19.9. The second kappa shape index (κ2) is 9.38. The molecule has 5 heteroatoms. The zero-order chi connectivity index (χ0) is 19.9. The molecule has 0 N–H and O–H groups in total. The topological polar surface area (TPSA) is 55.1 Å². The number of thiazole rings is 1. The molecule has 0 saturated carbocycles. The largest absolute Gasteiger partial charge is 0.455 e. The normalized spacial score (nSPS) is 11.6. The van der Waals surface area contributed by atoms with Gasteiger partial charge >= 0.3 is 0 Å². The summed E-state index contributed by atoms with van der Waals surface area (Å²) >= 11 is 1.71. The molecule has 2 aromatic carbocycles. The van der Waals surface area contributed by atoms with Crippen LogP contribution in [0.5, 0.6) is 11.5 Å². The van der Waals surface area contributed by atoms with Gasteiger partial charge in [0.25, 0.3) is 0 Å². The van der Waals surface area contributed by atoms with Gasteiger partial charge in [-0.1, -0.05) is 13.3 Å². The zero-order valence-electron chi connectivity index (χ0n) is 16.4. The van der Waals surface area contributed by atoms with Crippen LogP contribution in [0, 0.1) is 25.2 Å². The van der Waals surface area contributed by atoms with Crippen molar-refractivity contribution in [1.82, 2.24) is 4.98 Å². The van der Waals surface area contributed by atoms with Gasteiger partial charge in [0.2, 0.25) is 6.29 Å². The molecule has 0 aliphatic heterocycles. The first-order valence-corrected chi connectivity index (χ1v) is 10.3. The van der Waals surface area contributed by atoms with E-state index in [0.717, 1.165) is 41.3 Å². The van der Waals surface area contributed by atoms with E-state index in [9.17, 15) is 0 Å². The molecule has 1 aromatic heterocycles. The fraction of sp³-hybridized carbons (Fsp3) is 0.304. The Morgan fingerprint density at radius 3 is 2.11 bits per heavy atom. The molecule has 3 rings (SSSR count).